The SMILES string of the molecule is CCc1nn(Cc2cccnc2N2CCCC2)c2ncnc(N)c12. The van der Waals surface area contributed by atoms with E-state index in [2.05, 4.69) is 32.8 Å². The number of nitrogen functional groups attached to an aromatic ring is 1. The van der Waals surface area contributed by atoms with E-state index in [1.807, 2.05) is 16.9 Å². The Hall–Kier alpha value is -2.70. The van der Waals surface area contributed by atoms with E-state index in [9.17, 15) is 0 Å². The zero-order valence-corrected chi connectivity index (χ0v) is 13.8. The van der Waals surface area contributed by atoms with Gasteiger partial charge in [-0.3, -0.25) is 0 Å². The van der Waals surface area contributed by atoms with Gasteiger partial charge >= 0.3 is 0 Å². The number of anilines is 2. The third-order valence-corrected chi connectivity index (χ3v) is 4.56. The Morgan fingerprint density at radius 2 is 2.00 bits per heavy atom. The minimum atomic E-state index is 0.494. The molecule has 7 heteroatoms. The van der Waals surface area contributed by atoms with Crippen LogP contribution in [0.15, 0.2) is 24.7 Å². The van der Waals surface area contributed by atoms with E-state index in [1.54, 1.807) is 0 Å². The van der Waals surface area contributed by atoms with Crippen molar-refractivity contribution in [2.75, 3.05) is 23.7 Å². The topological polar surface area (TPSA) is 85.8 Å². The molecule has 1 aliphatic rings. The molecule has 3 aromatic rings. The number of hydrogen-bond acceptors (Lipinski definition) is 6. The molecule has 4 heterocycles. The van der Waals surface area contributed by atoms with Gasteiger partial charge in [0.15, 0.2) is 5.65 Å². The van der Waals surface area contributed by atoms with Gasteiger partial charge in [-0.1, -0.05) is 13.0 Å². The average Bonchev–Trinajstić information content (AvgIpc) is 3.24. The molecule has 0 atom stereocenters. The lowest BCUT2D eigenvalue weighted by Gasteiger charge is -2.19. The van der Waals surface area contributed by atoms with E-state index < -0.39 is 0 Å². The summed E-state index contributed by atoms with van der Waals surface area (Å²) in [4.78, 5) is 15.5. The molecule has 2 N–H and O–H groups in total. The smallest absolute Gasteiger partial charge is 0.163 e. The molecule has 0 aromatic carbocycles. The fourth-order valence-electron chi connectivity index (χ4n) is 3.39. The van der Waals surface area contributed by atoms with Crippen LogP contribution in [0.3, 0.4) is 0 Å². The molecule has 0 amide bonds. The van der Waals surface area contributed by atoms with Gasteiger partial charge in [-0.2, -0.15) is 5.10 Å². The lowest BCUT2D eigenvalue weighted by molar-refractivity contribution is 0.684. The van der Waals surface area contributed by atoms with Crippen LogP contribution in [-0.2, 0) is 13.0 Å². The summed E-state index contributed by atoms with van der Waals surface area (Å²) < 4.78 is 1.92. The number of fused-ring (bicyclic) bond motifs is 1. The quantitative estimate of drug-likeness (QED) is 0.790. The van der Waals surface area contributed by atoms with E-state index >= 15 is 0 Å². The van der Waals surface area contributed by atoms with Crippen molar-refractivity contribution >= 4 is 22.7 Å². The normalized spacial score (nSPS) is 14.6. The van der Waals surface area contributed by atoms with Crippen LogP contribution in [0.25, 0.3) is 11.0 Å². The van der Waals surface area contributed by atoms with Crippen molar-refractivity contribution in [3.63, 3.8) is 0 Å². The van der Waals surface area contributed by atoms with Gasteiger partial charge in [0.05, 0.1) is 17.6 Å². The van der Waals surface area contributed by atoms with Gasteiger partial charge in [0.1, 0.15) is 18.0 Å². The van der Waals surface area contributed by atoms with Crippen molar-refractivity contribution < 1.29 is 0 Å². The van der Waals surface area contributed by atoms with Crippen LogP contribution < -0.4 is 10.6 Å². The minimum absolute atomic E-state index is 0.494. The molecule has 0 spiro atoms. The van der Waals surface area contributed by atoms with E-state index in [-0.39, 0.29) is 0 Å². The summed E-state index contributed by atoms with van der Waals surface area (Å²) in [5.41, 5.74) is 8.93. The average molecular weight is 323 g/mol. The largest absolute Gasteiger partial charge is 0.383 e. The first-order valence-corrected chi connectivity index (χ1v) is 8.42. The van der Waals surface area contributed by atoms with Crippen LogP contribution in [-0.4, -0.2) is 37.8 Å². The predicted octanol–water partition coefficient (Wildman–Crippen LogP) is 2.01. The van der Waals surface area contributed by atoms with Crippen LogP contribution in [0.2, 0.25) is 0 Å². The molecule has 0 radical (unpaired) electrons. The summed E-state index contributed by atoms with van der Waals surface area (Å²) in [7, 11) is 0. The molecule has 1 fully saturated rings. The monoisotopic (exact) mass is 323 g/mol. The zero-order valence-electron chi connectivity index (χ0n) is 13.8. The van der Waals surface area contributed by atoms with Crippen LogP contribution >= 0.6 is 0 Å². The van der Waals surface area contributed by atoms with Crippen LogP contribution in [0.5, 0.6) is 0 Å². The fourth-order valence-corrected chi connectivity index (χ4v) is 3.39. The van der Waals surface area contributed by atoms with Crippen molar-refractivity contribution in [3.8, 4) is 0 Å². The first-order valence-electron chi connectivity index (χ1n) is 8.42. The van der Waals surface area contributed by atoms with Gasteiger partial charge in [0, 0.05) is 24.8 Å². The lowest BCUT2D eigenvalue weighted by atomic mass is 10.2. The van der Waals surface area contributed by atoms with Crippen molar-refractivity contribution in [3.05, 3.63) is 35.9 Å². The van der Waals surface area contributed by atoms with E-state index in [0.29, 0.717) is 12.4 Å². The molecule has 4 rings (SSSR count). The molecule has 1 aliphatic heterocycles. The number of pyridine rings is 1. The Kier molecular flexibility index (Phi) is 3.76. The molecule has 0 aliphatic carbocycles. The summed E-state index contributed by atoms with van der Waals surface area (Å²) in [5, 5.41) is 5.59. The van der Waals surface area contributed by atoms with Crippen molar-refractivity contribution in [1.82, 2.24) is 24.7 Å². The van der Waals surface area contributed by atoms with E-state index in [4.69, 9.17) is 10.8 Å². The van der Waals surface area contributed by atoms with Crippen LogP contribution in [0.4, 0.5) is 11.6 Å². The van der Waals surface area contributed by atoms with Gasteiger partial charge in [0.25, 0.3) is 0 Å². The molecule has 0 bridgehead atoms. The maximum Gasteiger partial charge on any atom is 0.163 e. The number of hydrogen-bond donors (Lipinski definition) is 1. The fraction of sp³-hybridized carbons (Fsp3) is 0.412. The molecule has 0 unspecified atom stereocenters. The van der Waals surface area contributed by atoms with Gasteiger partial charge in [-0.25, -0.2) is 19.6 Å². The molecule has 24 heavy (non-hydrogen) atoms. The first-order chi connectivity index (χ1) is 11.8. The third-order valence-electron chi connectivity index (χ3n) is 4.56. The number of aromatic nitrogens is 5. The molecular formula is C17H21N7. The van der Waals surface area contributed by atoms with Crippen LogP contribution in [0, 0.1) is 0 Å². The summed E-state index contributed by atoms with van der Waals surface area (Å²) in [6, 6.07) is 4.09. The number of nitrogens with zero attached hydrogens (tertiary/aromatic N) is 6. The highest BCUT2D eigenvalue weighted by atomic mass is 15.3. The molecule has 3 aromatic heterocycles. The molecular weight excluding hydrogens is 302 g/mol. The molecule has 1 saturated heterocycles. The molecule has 124 valence electrons. The standard InChI is InChI=1S/C17H21N7/c1-2-13-14-15(18)20-11-21-17(14)24(22-13)10-12-6-5-7-19-16(12)23-8-3-4-9-23/h5-7,11H,2-4,8-10H2,1H3,(H2,18,20,21). The van der Waals surface area contributed by atoms with Crippen molar-refractivity contribution in [2.45, 2.75) is 32.7 Å². The maximum atomic E-state index is 6.04. The Balaban J connectivity index is 1.77. The Morgan fingerprint density at radius 3 is 2.79 bits per heavy atom. The van der Waals surface area contributed by atoms with E-state index in [1.165, 1.54) is 19.2 Å². The first kappa shape index (κ1) is 14.9. The predicted molar refractivity (Wildman–Crippen MR) is 93.9 cm³/mol. The Morgan fingerprint density at radius 1 is 1.17 bits per heavy atom. The molecule has 0 saturated carbocycles. The number of nitrogens with two attached hydrogens (primary N) is 1. The highest BCUT2D eigenvalue weighted by Crippen LogP contribution is 2.26. The summed E-state index contributed by atoms with van der Waals surface area (Å²) in [6.07, 6.45) is 6.61. The summed E-state index contributed by atoms with van der Waals surface area (Å²) in [5.74, 6) is 1.55. The highest BCUT2D eigenvalue weighted by molar-refractivity contribution is 5.88. The number of rotatable bonds is 4. The summed E-state index contributed by atoms with van der Waals surface area (Å²) in [6.45, 7) is 4.84. The van der Waals surface area contributed by atoms with Crippen molar-refractivity contribution in [1.29, 1.82) is 0 Å². The van der Waals surface area contributed by atoms with Gasteiger partial charge in [0.2, 0.25) is 0 Å². The zero-order chi connectivity index (χ0) is 16.5. The van der Waals surface area contributed by atoms with Gasteiger partial charge in [-0.05, 0) is 25.3 Å². The Labute approximate surface area is 140 Å². The summed E-state index contributed by atoms with van der Waals surface area (Å²) >= 11 is 0. The van der Waals surface area contributed by atoms with Gasteiger partial charge < -0.3 is 10.6 Å². The highest BCUT2D eigenvalue weighted by Gasteiger charge is 2.19. The molecule has 7 nitrogen and oxygen atoms in total. The van der Waals surface area contributed by atoms with Crippen LogP contribution in [0.1, 0.15) is 31.0 Å². The second-order valence-corrected chi connectivity index (χ2v) is 6.10. The minimum Gasteiger partial charge on any atom is -0.383 e. The Bertz CT molecular complexity index is 865. The van der Waals surface area contributed by atoms with Gasteiger partial charge in [-0.15, -0.1) is 0 Å². The maximum absolute atomic E-state index is 6.04. The van der Waals surface area contributed by atoms with Crippen molar-refractivity contribution in [2.24, 2.45) is 0 Å². The second-order valence-electron chi connectivity index (χ2n) is 6.10. The van der Waals surface area contributed by atoms with E-state index in [0.717, 1.165) is 47.6 Å². The third kappa shape index (κ3) is 2.46. The number of aryl methyl sites for hydroxylation is 1. The lowest BCUT2D eigenvalue weighted by Crippen LogP contribution is -2.21. The second kappa shape index (κ2) is 6.07.